The SMILES string of the molecule is CC(C)c1ncc(Cl)c(C(=O)N2CCCN(C)CC2)n1. The Morgan fingerprint density at radius 1 is 1.30 bits per heavy atom. The van der Waals surface area contributed by atoms with Gasteiger partial charge in [-0.15, -0.1) is 0 Å². The maximum atomic E-state index is 12.6. The molecule has 1 aromatic heterocycles. The Labute approximate surface area is 124 Å². The number of rotatable bonds is 2. The molecule has 20 heavy (non-hydrogen) atoms. The van der Waals surface area contributed by atoms with E-state index in [1.165, 1.54) is 6.20 Å². The van der Waals surface area contributed by atoms with E-state index in [-0.39, 0.29) is 11.8 Å². The summed E-state index contributed by atoms with van der Waals surface area (Å²) in [4.78, 5) is 25.2. The first kappa shape index (κ1) is 15.2. The zero-order chi connectivity index (χ0) is 14.7. The molecule has 0 spiro atoms. The number of hydrogen-bond acceptors (Lipinski definition) is 4. The topological polar surface area (TPSA) is 49.3 Å². The van der Waals surface area contributed by atoms with Gasteiger partial charge in [0.25, 0.3) is 5.91 Å². The van der Waals surface area contributed by atoms with Gasteiger partial charge < -0.3 is 9.80 Å². The van der Waals surface area contributed by atoms with Crippen molar-refractivity contribution >= 4 is 17.5 Å². The third kappa shape index (κ3) is 3.46. The van der Waals surface area contributed by atoms with Crippen LogP contribution in [0.15, 0.2) is 6.20 Å². The van der Waals surface area contributed by atoms with Gasteiger partial charge >= 0.3 is 0 Å². The second-order valence-corrected chi connectivity index (χ2v) is 5.94. The molecule has 6 heteroatoms. The van der Waals surface area contributed by atoms with E-state index < -0.39 is 0 Å². The van der Waals surface area contributed by atoms with Gasteiger partial charge in [-0.1, -0.05) is 25.4 Å². The van der Waals surface area contributed by atoms with Crippen LogP contribution in [0, 0.1) is 0 Å². The van der Waals surface area contributed by atoms with Crippen molar-refractivity contribution in [3.05, 3.63) is 22.7 Å². The molecule has 110 valence electrons. The van der Waals surface area contributed by atoms with Crippen molar-refractivity contribution in [2.75, 3.05) is 33.2 Å². The van der Waals surface area contributed by atoms with Crippen molar-refractivity contribution in [3.63, 3.8) is 0 Å². The van der Waals surface area contributed by atoms with E-state index in [1.807, 2.05) is 18.7 Å². The first-order valence-electron chi connectivity index (χ1n) is 6.99. The van der Waals surface area contributed by atoms with Crippen LogP contribution in [-0.4, -0.2) is 58.9 Å². The Morgan fingerprint density at radius 3 is 2.75 bits per heavy atom. The number of aromatic nitrogens is 2. The Balaban J connectivity index is 2.21. The summed E-state index contributed by atoms with van der Waals surface area (Å²) >= 11 is 6.10. The maximum absolute atomic E-state index is 12.6. The lowest BCUT2D eigenvalue weighted by Crippen LogP contribution is -2.35. The van der Waals surface area contributed by atoms with Crippen LogP contribution in [0.3, 0.4) is 0 Å². The number of likely N-dealkylation sites (N-methyl/N-ethyl adjacent to an activating group) is 1. The fourth-order valence-electron chi connectivity index (χ4n) is 2.21. The summed E-state index contributed by atoms with van der Waals surface area (Å²) in [5, 5.41) is 0.331. The Bertz CT molecular complexity index is 492. The zero-order valence-electron chi connectivity index (χ0n) is 12.3. The molecule has 1 saturated heterocycles. The van der Waals surface area contributed by atoms with Crippen molar-refractivity contribution in [2.24, 2.45) is 0 Å². The highest BCUT2D eigenvalue weighted by molar-refractivity contribution is 6.33. The minimum atomic E-state index is -0.0883. The van der Waals surface area contributed by atoms with Crippen molar-refractivity contribution in [1.29, 1.82) is 0 Å². The van der Waals surface area contributed by atoms with Crippen LogP contribution < -0.4 is 0 Å². The summed E-state index contributed by atoms with van der Waals surface area (Å²) in [5.74, 6) is 0.744. The van der Waals surface area contributed by atoms with E-state index in [0.29, 0.717) is 23.1 Å². The molecule has 0 aliphatic carbocycles. The van der Waals surface area contributed by atoms with E-state index in [1.54, 1.807) is 0 Å². The first-order chi connectivity index (χ1) is 9.49. The van der Waals surface area contributed by atoms with Gasteiger partial charge in [-0.2, -0.15) is 0 Å². The number of amides is 1. The molecule has 2 heterocycles. The van der Waals surface area contributed by atoms with Crippen LogP contribution in [0.4, 0.5) is 0 Å². The first-order valence-corrected chi connectivity index (χ1v) is 7.37. The van der Waals surface area contributed by atoms with Gasteiger partial charge in [0.1, 0.15) is 5.82 Å². The van der Waals surface area contributed by atoms with Crippen molar-refractivity contribution in [2.45, 2.75) is 26.2 Å². The lowest BCUT2D eigenvalue weighted by Gasteiger charge is -2.21. The van der Waals surface area contributed by atoms with E-state index in [2.05, 4.69) is 21.9 Å². The summed E-state index contributed by atoms with van der Waals surface area (Å²) in [5.41, 5.74) is 0.329. The Hall–Kier alpha value is -1.20. The van der Waals surface area contributed by atoms with Crippen molar-refractivity contribution in [3.8, 4) is 0 Å². The molecular weight excluding hydrogens is 276 g/mol. The molecule has 1 aromatic rings. The Kier molecular flexibility index (Phi) is 4.94. The smallest absolute Gasteiger partial charge is 0.274 e. The largest absolute Gasteiger partial charge is 0.336 e. The molecule has 0 radical (unpaired) electrons. The number of carbonyl (C=O) groups is 1. The van der Waals surface area contributed by atoms with Crippen molar-refractivity contribution < 1.29 is 4.79 Å². The number of carbonyl (C=O) groups excluding carboxylic acids is 1. The minimum Gasteiger partial charge on any atom is -0.336 e. The van der Waals surface area contributed by atoms with Crippen LogP contribution >= 0.6 is 11.6 Å². The average molecular weight is 297 g/mol. The monoisotopic (exact) mass is 296 g/mol. The Morgan fingerprint density at radius 2 is 2.05 bits per heavy atom. The number of halogens is 1. The third-order valence-corrected chi connectivity index (χ3v) is 3.77. The molecule has 0 unspecified atom stereocenters. The second-order valence-electron chi connectivity index (χ2n) is 5.53. The highest BCUT2D eigenvalue weighted by Gasteiger charge is 2.23. The van der Waals surface area contributed by atoms with Gasteiger partial charge in [0.2, 0.25) is 0 Å². The zero-order valence-corrected chi connectivity index (χ0v) is 13.0. The van der Waals surface area contributed by atoms with Crippen LogP contribution in [-0.2, 0) is 0 Å². The van der Waals surface area contributed by atoms with Gasteiger partial charge in [-0.3, -0.25) is 4.79 Å². The van der Waals surface area contributed by atoms with Crippen LogP contribution in [0.25, 0.3) is 0 Å². The molecule has 1 aliphatic rings. The van der Waals surface area contributed by atoms with E-state index in [9.17, 15) is 4.79 Å². The lowest BCUT2D eigenvalue weighted by molar-refractivity contribution is 0.0756. The van der Waals surface area contributed by atoms with Crippen LogP contribution in [0.2, 0.25) is 5.02 Å². The predicted molar refractivity (Wildman–Crippen MR) is 79.1 cm³/mol. The van der Waals surface area contributed by atoms with Gasteiger partial charge in [-0.25, -0.2) is 9.97 Å². The lowest BCUT2D eigenvalue weighted by atomic mass is 10.2. The standard InChI is InChI=1S/C14H21ClN4O/c1-10(2)13-16-9-11(15)12(17-13)14(20)19-6-4-5-18(3)7-8-19/h9-10H,4-8H2,1-3H3. The molecule has 0 atom stereocenters. The quantitative estimate of drug-likeness (QED) is 0.838. The summed E-state index contributed by atoms with van der Waals surface area (Å²) in [6.45, 7) is 7.36. The van der Waals surface area contributed by atoms with E-state index >= 15 is 0 Å². The fraction of sp³-hybridized carbons (Fsp3) is 0.643. The molecule has 0 N–H and O–H groups in total. The average Bonchev–Trinajstić information content (AvgIpc) is 2.63. The third-order valence-electron chi connectivity index (χ3n) is 3.49. The summed E-state index contributed by atoms with van der Waals surface area (Å²) in [6.07, 6.45) is 2.50. The number of hydrogen-bond donors (Lipinski definition) is 0. The van der Waals surface area contributed by atoms with Gasteiger partial charge in [0.05, 0.1) is 11.2 Å². The minimum absolute atomic E-state index is 0.0883. The normalized spacial score (nSPS) is 17.4. The number of nitrogens with zero attached hydrogens (tertiary/aromatic N) is 4. The summed E-state index contributed by atoms with van der Waals surface area (Å²) < 4.78 is 0. The highest BCUT2D eigenvalue weighted by atomic mass is 35.5. The second kappa shape index (κ2) is 6.50. The molecule has 0 bridgehead atoms. The molecule has 1 aliphatic heterocycles. The molecule has 5 nitrogen and oxygen atoms in total. The predicted octanol–water partition coefficient (Wildman–Crippen LogP) is 2.03. The molecule has 0 aromatic carbocycles. The van der Waals surface area contributed by atoms with E-state index in [4.69, 9.17) is 11.6 Å². The van der Waals surface area contributed by atoms with Crippen LogP contribution in [0.1, 0.15) is 42.5 Å². The van der Waals surface area contributed by atoms with Crippen molar-refractivity contribution in [1.82, 2.24) is 19.8 Å². The van der Waals surface area contributed by atoms with Gasteiger partial charge in [-0.05, 0) is 20.0 Å². The molecule has 0 saturated carbocycles. The van der Waals surface area contributed by atoms with E-state index in [0.717, 1.165) is 26.1 Å². The summed E-state index contributed by atoms with van der Waals surface area (Å²) in [6, 6.07) is 0. The molecule has 1 fully saturated rings. The highest BCUT2D eigenvalue weighted by Crippen LogP contribution is 2.18. The molecule has 2 rings (SSSR count). The maximum Gasteiger partial charge on any atom is 0.274 e. The summed E-state index contributed by atoms with van der Waals surface area (Å²) in [7, 11) is 2.07. The molecular formula is C14H21ClN4O. The van der Waals surface area contributed by atoms with Gasteiger partial charge in [0, 0.05) is 25.6 Å². The van der Waals surface area contributed by atoms with Gasteiger partial charge in [0.15, 0.2) is 5.69 Å². The molecule has 1 amide bonds. The fourth-order valence-corrected chi connectivity index (χ4v) is 2.38. The van der Waals surface area contributed by atoms with Crippen LogP contribution in [0.5, 0.6) is 0 Å².